The van der Waals surface area contributed by atoms with Crippen LogP contribution in [-0.4, -0.2) is 29.8 Å². The quantitative estimate of drug-likeness (QED) is 0.340. The first-order valence-corrected chi connectivity index (χ1v) is 10.9. The van der Waals surface area contributed by atoms with Crippen molar-refractivity contribution in [3.8, 4) is 16.9 Å². The highest BCUT2D eigenvalue weighted by Crippen LogP contribution is 2.48. The van der Waals surface area contributed by atoms with Crippen LogP contribution < -0.4 is 10.1 Å². The fourth-order valence-corrected chi connectivity index (χ4v) is 4.57. The second-order valence-corrected chi connectivity index (χ2v) is 8.83. The standard InChI is InChI=1S/C26H21ClFNO4/c1-33-22-7-4-15(10-20(22)28)24(31)23-18-11-17(19(27)12-21(18)29-25(23)32)14-2-5-16(6-3-14)26(13-30)8-9-26/h2-7,10-12,30-31H,8-9,13H2,1H3,(H,29,32)/b24-23-. The Kier molecular flexibility index (Phi) is 5.15. The van der Waals surface area contributed by atoms with Crippen LogP contribution in [0.15, 0.2) is 54.6 Å². The average molecular weight is 466 g/mol. The predicted octanol–water partition coefficient (Wildman–Crippen LogP) is 5.56. The number of carbonyl (C=O) groups excluding carboxylic acids is 1. The molecule has 0 radical (unpaired) electrons. The fourth-order valence-electron chi connectivity index (χ4n) is 4.30. The Morgan fingerprint density at radius 1 is 1.12 bits per heavy atom. The van der Waals surface area contributed by atoms with Crippen LogP contribution in [0.4, 0.5) is 10.1 Å². The van der Waals surface area contributed by atoms with Crippen molar-refractivity contribution >= 4 is 34.5 Å². The third-order valence-corrected chi connectivity index (χ3v) is 6.79. The average Bonchev–Trinajstić information content (AvgIpc) is 3.55. The number of hydrogen-bond acceptors (Lipinski definition) is 4. The van der Waals surface area contributed by atoms with Crippen molar-refractivity contribution in [1.29, 1.82) is 0 Å². The zero-order valence-corrected chi connectivity index (χ0v) is 18.5. The Balaban J connectivity index is 1.58. The molecule has 1 aliphatic carbocycles. The maximum atomic E-state index is 14.2. The van der Waals surface area contributed by atoms with Gasteiger partial charge in [-0.15, -0.1) is 0 Å². The van der Waals surface area contributed by atoms with E-state index in [-0.39, 0.29) is 34.7 Å². The van der Waals surface area contributed by atoms with Crippen LogP contribution in [-0.2, 0) is 10.2 Å². The number of carbonyl (C=O) groups is 1. The molecule has 1 amide bonds. The van der Waals surface area contributed by atoms with E-state index in [0.717, 1.165) is 30.0 Å². The van der Waals surface area contributed by atoms with Crippen LogP contribution in [0.5, 0.6) is 5.75 Å². The summed E-state index contributed by atoms with van der Waals surface area (Å²) in [4.78, 5) is 12.7. The number of rotatable bonds is 5. The van der Waals surface area contributed by atoms with Crippen LogP contribution in [0.1, 0.15) is 29.5 Å². The fraction of sp³-hybridized carbons (Fsp3) is 0.192. The predicted molar refractivity (Wildman–Crippen MR) is 126 cm³/mol. The van der Waals surface area contributed by atoms with Crippen LogP contribution in [0, 0.1) is 5.82 Å². The van der Waals surface area contributed by atoms with Gasteiger partial charge in [-0.2, -0.15) is 0 Å². The topological polar surface area (TPSA) is 78.8 Å². The molecule has 33 heavy (non-hydrogen) atoms. The number of anilines is 1. The molecule has 0 saturated heterocycles. The number of fused-ring (bicyclic) bond motifs is 1. The van der Waals surface area contributed by atoms with Gasteiger partial charge < -0.3 is 20.3 Å². The molecule has 5 nitrogen and oxygen atoms in total. The highest BCUT2D eigenvalue weighted by Gasteiger charge is 2.43. The van der Waals surface area contributed by atoms with E-state index in [4.69, 9.17) is 16.3 Å². The molecule has 2 aliphatic rings. The molecule has 3 N–H and O–H groups in total. The SMILES string of the molecule is COc1ccc(/C(O)=C2/C(=O)Nc3cc(Cl)c(-c4ccc(C5(CO)CC5)cc4)cc32)cc1F. The molecule has 0 unspecified atom stereocenters. The van der Waals surface area contributed by atoms with Crippen molar-refractivity contribution in [3.05, 3.63) is 82.1 Å². The molecule has 1 aliphatic heterocycles. The van der Waals surface area contributed by atoms with Gasteiger partial charge in [-0.3, -0.25) is 4.79 Å². The van der Waals surface area contributed by atoms with E-state index in [1.165, 1.54) is 19.2 Å². The van der Waals surface area contributed by atoms with E-state index in [0.29, 0.717) is 21.8 Å². The number of amides is 1. The van der Waals surface area contributed by atoms with Gasteiger partial charge in [0, 0.05) is 22.1 Å². The first kappa shape index (κ1) is 21.5. The minimum atomic E-state index is -0.644. The van der Waals surface area contributed by atoms with Gasteiger partial charge in [0.05, 0.1) is 30.0 Å². The molecule has 0 spiro atoms. The van der Waals surface area contributed by atoms with Gasteiger partial charge in [0.25, 0.3) is 5.91 Å². The van der Waals surface area contributed by atoms with Gasteiger partial charge in [-0.1, -0.05) is 35.9 Å². The van der Waals surface area contributed by atoms with Crippen molar-refractivity contribution in [2.75, 3.05) is 19.0 Å². The molecule has 0 aromatic heterocycles. The maximum absolute atomic E-state index is 14.2. The normalized spacial score (nSPS) is 17.4. The van der Waals surface area contributed by atoms with Crippen LogP contribution in [0.3, 0.4) is 0 Å². The summed E-state index contributed by atoms with van der Waals surface area (Å²) in [5.41, 5.74) is 3.64. The summed E-state index contributed by atoms with van der Waals surface area (Å²) < 4.78 is 19.1. The molecular formula is C26H21ClFNO4. The van der Waals surface area contributed by atoms with Crippen LogP contribution in [0.25, 0.3) is 22.5 Å². The van der Waals surface area contributed by atoms with E-state index >= 15 is 0 Å². The molecule has 7 heteroatoms. The smallest absolute Gasteiger partial charge is 0.260 e. The summed E-state index contributed by atoms with van der Waals surface area (Å²) in [6.45, 7) is 0.124. The third kappa shape index (κ3) is 3.56. The number of aliphatic hydroxyl groups is 2. The summed E-state index contributed by atoms with van der Waals surface area (Å²) in [6, 6.07) is 15.2. The largest absolute Gasteiger partial charge is 0.506 e. The molecule has 1 fully saturated rings. The molecular weight excluding hydrogens is 445 g/mol. The van der Waals surface area contributed by atoms with Gasteiger partial charge in [0.2, 0.25) is 0 Å². The van der Waals surface area contributed by atoms with Gasteiger partial charge in [0.1, 0.15) is 5.76 Å². The first-order valence-electron chi connectivity index (χ1n) is 10.5. The Hall–Kier alpha value is -3.35. The molecule has 1 saturated carbocycles. The summed E-state index contributed by atoms with van der Waals surface area (Å²) in [7, 11) is 1.35. The summed E-state index contributed by atoms with van der Waals surface area (Å²) in [5, 5.41) is 23.7. The lowest BCUT2D eigenvalue weighted by Crippen LogP contribution is -2.11. The minimum Gasteiger partial charge on any atom is -0.506 e. The van der Waals surface area contributed by atoms with Crippen LogP contribution >= 0.6 is 11.6 Å². The second-order valence-electron chi connectivity index (χ2n) is 8.42. The summed E-state index contributed by atoms with van der Waals surface area (Å²) in [6.07, 6.45) is 1.94. The highest BCUT2D eigenvalue weighted by atomic mass is 35.5. The second kappa shape index (κ2) is 7.90. The van der Waals surface area contributed by atoms with Gasteiger partial charge >= 0.3 is 0 Å². The monoisotopic (exact) mass is 465 g/mol. The number of halogens is 2. The van der Waals surface area contributed by atoms with E-state index in [1.54, 1.807) is 12.1 Å². The third-order valence-electron chi connectivity index (χ3n) is 6.48. The first-order chi connectivity index (χ1) is 15.9. The molecule has 0 bridgehead atoms. The number of hydrogen-bond donors (Lipinski definition) is 3. The van der Waals surface area contributed by atoms with Gasteiger partial charge in [-0.25, -0.2) is 4.39 Å². The molecule has 3 aromatic carbocycles. The molecule has 1 heterocycles. The Bertz CT molecular complexity index is 1310. The number of methoxy groups -OCH3 is 1. The Morgan fingerprint density at radius 3 is 2.45 bits per heavy atom. The van der Waals surface area contributed by atoms with Crippen molar-refractivity contribution < 1.29 is 24.1 Å². The number of benzene rings is 3. The van der Waals surface area contributed by atoms with Crippen molar-refractivity contribution in [1.82, 2.24) is 0 Å². The molecule has 0 atom stereocenters. The summed E-state index contributed by atoms with van der Waals surface area (Å²) in [5.74, 6) is -1.44. The summed E-state index contributed by atoms with van der Waals surface area (Å²) >= 11 is 6.52. The van der Waals surface area contributed by atoms with Gasteiger partial charge in [0.15, 0.2) is 11.6 Å². The van der Waals surface area contributed by atoms with E-state index in [9.17, 15) is 19.4 Å². The van der Waals surface area contributed by atoms with Crippen LogP contribution in [0.2, 0.25) is 5.02 Å². The lowest BCUT2D eigenvalue weighted by atomic mass is 9.93. The Morgan fingerprint density at radius 2 is 1.85 bits per heavy atom. The van der Waals surface area contributed by atoms with E-state index in [2.05, 4.69) is 5.32 Å². The lowest BCUT2D eigenvalue weighted by molar-refractivity contribution is -0.110. The van der Waals surface area contributed by atoms with Gasteiger partial charge in [-0.05, 0) is 54.3 Å². The zero-order chi connectivity index (χ0) is 23.3. The number of nitrogens with one attached hydrogen (secondary N) is 1. The minimum absolute atomic E-state index is 0.0412. The zero-order valence-electron chi connectivity index (χ0n) is 17.8. The van der Waals surface area contributed by atoms with E-state index in [1.807, 2.05) is 24.3 Å². The highest BCUT2D eigenvalue weighted by molar-refractivity contribution is 6.38. The molecule has 5 rings (SSSR count). The Labute approximate surface area is 195 Å². The lowest BCUT2D eigenvalue weighted by Gasteiger charge is -2.14. The van der Waals surface area contributed by atoms with Crippen molar-refractivity contribution in [2.24, 2.45) is 0 Å². The number of aliphatic hydroxyl groups excluding tert-OH is 2. The van der Waals surface area contributed by atoms with Crippen molar-refractivity contribution in [2.45, 2.75) is 18.3 Å². The molecule has 3 aromatic rings. The van der Waals surface area contributed by atoms with E-state index < -0.39 is 11.7 Å². The molecule has 168 valence electrons. The van der Waals surface area contributed by atoms with Crippen molar-refractivity contribution in [3.63, 3.8) is 0 Å². The number of ether oxygens (including phenoxy) is 1. The maximum Gasteiger partial charge on any atom is 0.260 e.